The van der Waals surface area contributed by atoms with Crippen molar-refractivity contribution in [2.45, 2.75) is 5.01 Å². The molecule has 0 fully saturated rings. The van der Waals surface area contributed by atoms with Gasteiger partial charge in [0.15, 0.2) is 0 Å². The van der Waals surface area contributed by atoms with Crippen LogP contribution in [-0.2, 0) is 0 Å². The Hall–Kier alpha value is 0.180. The van der Waals surface area contributed by atoms with Crippen LogP contribution in [0.5, 0.6) is 0 Å². The van der Waals surface area contributed by atoms with Crippen LogP contribution >= 0.6 is 15.9 Å². The zero-order valence-corrected chi connectivity index (χ0v) is 4.27. The summed E-state index contributed by atoms with van der Waals surface area (Å²) < 4.78 is 0. The second kappa shape index (κ2) is 2.42. The van der Waals surface area contributed by atoms with E-state index in [1.807, 2.05) is 0 Å². The molecule has 0 aromatic rings. The van der Waals surface area contributed by atoms with Crippen LogP contribution in [0.4, 0.5) is 0 Å². The molecule has 1 nitrogen and oxygen atoms in total. The van der Waals surface area contributed by atoms with E-state index in [-0.39, 0.29) is 0 Å². The molecule has 2 heteroatoms. The fraction of sp³-hybridized carbons (Fsp3) is 0.333. The molecule has 0 aliphatic rings. The zero-order chi connectivity index (χ0) is 4.28. The molecule has 0 amide bonds. The number of halogens is 1. The summed E-state index contributed by atoms with van der Waals surface area (Å²) >= 11 is 2.81. The summed E-state index contributed by atoms with van der Waals surface area (Å²) in [5.41, 5.74) is 0. The van der Waals surface area contributed by atoms with Crippen molar-refractivity contribution < 1.29 is 5.11 Å². The minimum Gasteiger partial charge on any atom is -0.378 e. The van der Waals surface area contributed by atoms with Crippen molar-refractivity contribution in [2.24, 2.45) is 0 Å². The van der Waals surface area contributed by atoms with E-state index in [0.29, 0.717) is 0 Å². The number of hydrogen-bond donors (Lipinski definition) is 1. The van der Waals surface area contributed by atoms with E-state index in [4.69, 9.17) is 5.11 Å². The van der Waals surface area contributed by atoms with Gasteiger partial charge in [0.1, 0.15) is 5.01 Å². The van der Waals surface area contributed by atoms with Crippen molar-refractivity contribution in [3.63, 3.8) is 0 Å². The molecule has 0 saturated heterocycles. The molecule has 0 aliphatic heterocycles. The van der Waals surface area contributed by atoms with Gasteiger partial charge in [-0.3, -0.25) is 0 Å². The predicted octanol–water partition coefficient (Wildman–Crippen LogP) is 0.886. The zero-order valence-electron chi connectivity index (χ0n) is 2.69. The van der Waals surface area contributed by atoms with Gasteiger partial charge in [0.25, 0.3) is 0 Å². The largest absolute Gasteiger partial charge is 0.378 e. The van der Waals surface area contributed by atoms with Crippen molar-refractivity contribution in [3.8, 4) is 0 Å². The maximum Gasteiger partial charge on any atom is 0.127 e. The van der Waals surface area contributed by atoms with Gasteiger partial charge < -0.3 is 5.11 Å². The van der Waals surface area contributed by atoms with Crippen LogP contribution in [0, 0.1) is 0 Å². The van der Waals surface area contributed by atoms with Crippen LogP contribution in [0.2, 0.25) is 0 Å². The van der Waals surface area contributed by atoms with Crippen LogP contribution in [0.3, 0.4) is 0 Å². The number of alkyl halides is 1. The first-order chi connectivity index (χ1) is 2.27. The monoisotopic (exact) mass is 136 g/mol. The highest BCUT2D eigenvalue weighted by atomic mass is 79.9. The van der Waals surface area contributed by atoms with Gasteiger partial charge in [-0.15, -0.1) is 0 Å². The van der Waals surface area contributed by atoms with Crippen molar-refractivity contribution in [1.82, 2.24) is 0 Å². The molecule has 0 radical (unpaired) electrons. The van der Waals surface area contributed by atoms with Crippen molar-refractivity contribution >= 4 is 15.9 Å². The minimum absolute atomic E-state index is 0.539. The fourth-order valence-electron chi connectivity index (χ4n) is 0. The minimum atomic E-state index is -0.539. The van der Waals surface area contributed by atoms with Crippen LogP contribution in [0.1, 0.15) is 0 Å². The Kier molecular flexibility index (Phi) is 2.51. The van der Waals surface area contributed by atoms with Crippen LogP contribution in [-0.4, -0.2) is 10.1 Å². The summed E-state index contributed by atoms with van der Waals surface area (Å²) in [6.45, 7) is 3.26. The average Bonchev–Trinajstić information content (AvgIpc) is 1.38. The molecule has 0 saturated carbocycles. The maximum atomic E-state index is 8.16. The van der Waals surface area contributed by atoms with E-state index in [1.165, 1.54) is 6.08 Å². The van der Waals surface area contributed by atoms with Crippen LogP contribution in [0.25, 0.3) is 0 Å². The molecule has 0 heterocycles. The number of rotatable bonds is 1. The van der Waals surface area contributed by atoms with Gasteiger partial charge in [-0.25, -0.2) is 0 Å². The molecule has 0 spiro atoms. The fourth-order valence-corrected chi connectivity index (χ4v) is 0. The molecule has 0 aliphatic carbocycles. The third kappa shape index (κ3) is 4.18. The highest BCUT2D eigenvalue weighted by molar-refractivity contribution is 9.09. The molecular formula is C3H5BrO. The second-order valence-corrected chi connectivity index (χ2v) is 1.55. The summed E-state index contributed by atoms with van der Waals surface area (Å²) in [4.78, 5) is 0. The molecule has 30 valence electrons. The van der Waals surface area contributed by atoms with E-state index >= 15 is 0 Å². The number of hydrogen-bond acceptors (Lipinski definition) is 1. The third-order valence-electron chi connectivity index (χ3n) is 0.194. The van der Waals surface area contributed by atoms with Crippen molar-refractivity contribution in [3.05, 3.63) is 12.7 Å². The Morgan fingerprint density at radius 1 is 2.00 bits per heavy atom. The Labute approximate surface area is 39.4 Å². The number of aliphatic hydroxyl groups is 1. The highest BCUT2D eigenvalue weighted by Crippen LogP contribution is 1.90. The Morgan fingerprint density at radius 3 is 2.20 bits per heavy atom. The van der Waals surface area contributed by atoms with Gasteiger partial charge in [0, 0.05) is 0 Å². The molecule has 5 heavy (non-hydrogen) atoms. The van der Waals surface area contributed by atoms with Gasteiger partial charge >= 0.3 is 0 Å². The Balaban J connectivity index is 2.83. The van der Waals surface area contributed by atoms with Gasteiger partial charge in [-0.1, -0.05) is 28.6 Å². The lowest BCUT2D eigenvalue weighted by Crippen LogP contribution is -1.82. The van der Waals surface area contributed by atoms with Crippen molar-refractivity contribution in [1.29, 1.82) is 0 Å². The molecule has 1 N–H and O–H groups in total. The van der Waals surface area contributed by atoms with E-state index < -0.39 is 5.01 Å². The molecular weight excluding hydrogens is 132 g/mol. The first-order valence-electron chi connectivity index (χ1n) is 1.22. The lowest BCUT2D eigenvalue weighted by Gasteiger charge is -1.81. The molecule has 0 unspecified atom stereocenters. The third-order valence-corrected chi connectivity index (χ3v) is 0.568. The van der Waals surface area contributed by atoms with Gasteiger partial charge in [0.2, 0.25) is 0 Å². The van der Waals surface area contributed by atoms with Crippen molar-refractivity contribution in [2.75, 3.05) is 0 Å². The average molecular weight is 137 g/mol. The molecule has 0 aromatic carbocycles. The van der Waals surface area contributed by atoms with Crippen LogP contribution in [0.15, 0.2) is 12.7 Å². The summed E-state index contributed by atoms with van der Waals surface area (Å²) in [7, 11) is 0. The lowest BCUT2D eigenvalue weighted by molar-refractivity contribution is 0.316. The molecule has 0 aromatic heterocycles. The van der Waals surface area contributed by atoms with Gasteiger partial charge in [-0.05, 0) is 0 Å². The molecule has 0 rings (SSSR count). The maximum absolute atomic E-state index is 8.16. The highest BCUT2D eigenvalue weighted by Gasteiger charge is 1.78. The normalized spacial score (nSPS) is 14.0. The number of aliphatic hydroxyl groups excluding tert-OH is 1. The predicted molar refractivity (Wildman–Crippen MR) is 25.1 cm³/mol. The molecule has 1 atom stereocenters. The Bertz CT molecular complexity index is 33.9. The van der Waals surface area contributed by atoms with Gasteiger partial charge in [0.05, 0.1) is 0 Å². The van der Waals surface area contributed by atoms with E-state index in [1.54, 1.807) is 0 Å². The van der Waals surface area contributed by atoms with Gasteiger partial charge in [-0.2, -0.15) is 0 Å². The standard InChI is InChI=1S/C3H5BrO/c1-2-3(4)5/h2-3,5H,1H2/t3-/m0/s1. The van der Waals surface area contributed by atoms with E-state index in [2.05, 4.69) is 22.5 Å². The topological polar surface area (TPSA) is 20.2 Å². The quantitative estimate of drug-likeness (QED) is 0.420. The lowest BCUT2D eigenvalue weighted by atomic mass is 10.7. The first kappa shape index (κ1) is 5.18. The second-order valence-electron chi connectivity index (χ2n) is 0.608. The summed E-state index contributed by atoms with van der Waals surface area (Å²) in [5, 5.41) is 7.62. The first-order valence-corrected chi connectivity index (χ1v) is 2.13. The van der Waals surface area contributed by atoms with E-state index in [9.17, 15) is 0 Å². The smallest absolute Gasteiger partial charge is 0.127 e. The summed E-state index contributed by atoms with van der Waals surface area (Å²) in [6.07, 6.45) is 1.39. The summed E-state index contributed by atoms with van der Waals surface area (Å²) in [6, 6.07) is 0. The van der Waals surface area contributed by atoms with E-state index in [0.717, 1.165) is 0 Å². The molecule has 0 bridgehead atoms. The Morgan fingerprint density at radius 2 is 2.20 bits per heavy atom. The SMILES string of the molecule is C=C[C@H](O)Br. The van der Waals surface area contributed by atoms with Crippen LogP contribution < -0.4 is 0 Å². The summed E-state index contributed by atoms with van der Waals surface area (Å²) in [5.74, 6) is 0.